The third kappa shape index (κ3) is 2.37. The number of carbonyl (C=O) groups excluding carboxylic acids is 1. The molecule has 4 heteroatoms. The lowest BCUT2D eigenvalue weighted by atomic mass is 10.4. The highest BCUT2D eigenvalue weighted by molar-refractivity contribution is 5.73. The van der Waals surface area contributed by atoms with E-state index in [1.165, 1.54) is 12.8 Å². The van der Waals surface area contributed by atoms with Crippen LogP contribution in [0.25, 0.3) is 0 Å². The van der Waals surface area contributed by atoms with Crippen molar-refractivity contribution < 1.29 is 4.79 Å². The molecular formula is C8H17N3O. The minimum Gasteiger partial charge on any atom is -0.341 e. The van der Waals surface area contributed by atoms with E-state index in [-0.39, 0.29) is 6.03 Å². The Bertz CT molecular complexity index is 154. The lowest BCUT2D eigenvalue weighted by molar-refractivity contribution is 0.172. The Labute approximate surface area is 73.5 Å². The van der Waals surface area contributed by atoms with Crippen molar-refractivity contribution >= 4 is 6.03 Å². The van der Waals surface area contributed by atoms with E-state index in [0.29, 0.717) is 0 Å². The fourth-order valence-corrected chi connectivity index (χ4v) is 1.48. The Morgan fingerprint density at radius 2 is 2.08 bits per heavy atom. The molecule has 0 saturated carbocycles. The van der Waals surface area contributed by atoms with Gasteiger partial charge in [-0.1, -0.05) is 0 Å². The number of nitrogens with one attached hydrogen (secondary N) is 1. The molecule has 0 aliphatic carbocycles. The van der Waals surface area contributed by atoms with Crippen LogP contribution in [-0.4, -0.2) is 49.7 Å². The second-order valence-electron chi connectivity index (χ2n) is 3.22. The Balaban J connectivity index is 2.24. The minimum absolute atomic E-state index is 0.0121. The van der Waals surface area contributed by atoms with Gasteiger partial charge in [-0.25, -0.2) is 4.79 Å². The van der Waals surface area contributed by atoms with Gasteiger partial charge in [0, 0.05) is 14.1 Å². The van der Waals surface area contributed by atoms with Crippen LogP contribution in [0.5, 0.6) is 0 Å². The first-order chi connectivity index (χ1) is 5.74. The molecule has 0 aromatic heterocycles. The summed E-state index contributed by atoms with van der Waals surface area (Å²) in [5.74, 6) is 0. The highest BCUT2D eigenvalue weighted by atomic mass is 16.2. The highest BCUT2D eigenvalue weighted by Gasteiger charge is 2.15. The molecule has 1 N–H and O–H groups in total. The van der Waals surface area contributed by atoms with Crippen molar-refractivity contribution in [3.63, 3.8) is 0 Å². The number of amides is 2. The molecule has 2 amide bonds. The number of likely N-dealkylation sites (tertiary alicyclic amines) is 1. The van der Waals surface area contributed by atoms with Crippen LogP contribution in [0.2, 0.25) is 0 Å². The van der Waals surface area contributed by atoms with Crippen LogP contribution < -0.4 is 5.32 Å². The zero-order valence-electron chi connectivity index (χ0n) is 7.84. The molecule has 0 aromatic rings. The van der Waals surface area contributed by atoms with E-state index >= 15 is 0 Å². The Morgan fingerprint density at radius 1 is 1.50 bits per heavy atom. The van der Waals surface area contributed by atoms with E-state index in [4.69, 9.17) is 0 Å². The summed E-state index contributed by atoms with van der Waals surface area (Å²) in [6.07, 6.45) is 2.53. The molecule has 0 radical (unpaired) electrons. The van der Waals surface area contributed by atoms with Gasteiger partial charge in [0.25, 0.3) is 0 Å². The highest BCUT2D eigenvalue weighted by Crippen LogP contribution is 2.06. The Morgan fingerprint density at radius 3 is 2.58 bits per heavy atom. The average molecular weight is 171 g/mol. The molecule has 1 saturated heterocycles. The van der Waals surface area contributed by atoms with Gasteiger partial charge < -0.3 is 10.2 Å². The number of rotatable bonds is 2. The quantitative estimate of drug-likeness (QED) is 0.649. The van der Waals surface area contributed by atoms with Crippen LogP contribution in [0.4, 0.5) is 4.79 Å². The number of hydrogen-bond acceptors (Lipinski definition) is 2. The molecule has 0 aromatic carbocycles. The predicted octanol–water partition coefficient (Wildman–Crippen LogP) is 0.311. The topological polar surface area (TPSA) is 35.6 Å². The summed E-state index contributed by atoms with van der Waals surface area (Å²) in [6.45, 7) is 3.00. The molecule has 1 rings (SSSR count). The standard InChI is InChI=1S/C8H17N3O/c1-9-8(12)10(2)7-11-5-3-4-6-11/h3-7H2,1-2H3,(H,9,12). The molecular weight excluding hydrogens is 154 g/mol. The van der Waals surface area contributed by atoms with Gasteiger partial charge in [-0.2, -0.15) is 0 Å². The SMILES string of the molecule is CNC(=O)N(C)CN1CCCC1. The minimum atomic E-state index is -0.0121. The third-order valence-electron chi connectivity index (χ3n) is 2.17. The second-order valence-corrected chi connectivity index (χ2v) is 3.22. The molecule has 0 bridgehead atoms. The first-order valence-corrected chi connectivity index (χ1v) is 4.39. The van der Waals surface area contributed by atoms with Gasteiger partial charge in [-0.05, 0) is 25.9 Å². The second kappa shape index (κ2) is 4.30. The largest absolute Gasteiger partial charge is 0.341 e. The summed E-state index contributed by atoms with van der Waals surface area (Å²) in [4.78, 5) is 15.1. The maximum Gasteiger partial charge on any atom is 0.317 e. The first kappa shape index (κ1) is 9.32. The Kier molecular flexibility index (Phi) is 3.34. The molecule has 1 aliphatic rings. The van der Waals surface area contributed by atoms with E-state index in [1.807, 2.05) is 7.05 Å². The summed E-state index contributed by atoms with van der Waals surface area (Å²) in [7, 11) is 3.47. The van der Waals surface area contributed by atoms with Gasteiger partial charge in [0.1, 0.15) is 0 Å². The number of carbonyl (C=O) groups is 1. The van der Waals surface area contributed by atoms with Gasteiger partial charge in [-0.15, -0.1) is 0 Å². The Hall–Kier alpha value is -0.770. The maximum absolute atomic E-state index is 11.1. The monoisotopic (exact) mass is 171 g/mol. The van der Waals surface area contributed by atoms with Crippen LogP contribution in [0.1, 0.15) is 12.8 Å². The van der Waals surface area contributed by atoms with Crippen LogP contribution in [-0.2, 0) is 0 Å². The van der Waals surface area contributed by atoms with Gasteiger partial charge in [0.15, 0.2) is 0 Å². The third-order valence-corrected chi connectivity index (χ3v) is 2.17. The number of nitrogens with zero attached hydrogens (tertiary/aromatic N) is 2. The summed E-state index contributed by atoms with van der Waals surface area (Å²) in [6, 6.07) is -0.0121. The van der Waals surface area contributed by atoms with Crippen molar-refractivity contribution in [2.45, 2.75) is 12.8 Å². The molecule has 0 atom stereocenters. The van der Waals surface area contributed by atoms with Crippen molar-refractivity contribution in [1.82, 2.24) is 15.1 Å². The van der Waals surface area contributed by atoms with Gasteiger partial charge in [-0.3, -0.25) is 4.90 Å². The molecule has 4 nitrogen and oxygen atoms in total. The predicted molar refractivity (Wildman–Crippen MR) is 47.9 cm³/mol. The lowest BCUT2D eigenvalue weighted by Gasteiger charge is -2.23. The molecule has 70 valence electrons. The lowest BCUT2D eigenvalue weighted by Crippen LogP contribution is -2.41. The average Bonchev–Trinajstić information content (AvgIpc) is 2.55. The summed E-state index contributed by atoms with van der Waals surface area (Å²) < 4.78 is 0. The molecule has 0 unspecified atom stereocenters. The molecule has 12 heavy (non-hydrogen) atoms. The van der Waals surface area contributed by atoms with Crippen molar-refractivity contribution in [3.05, 3.63) is 0 Å². The normalized spacial score (nSPS) is 17.8. The van der Waals surface area contributed by atoms with Crippen molar-refractivity contribution in [2.75, 3.05) is 33.9 Å². The molecule has 1 fully saturated rings. The zero-order valence-corrected chi connectivity index (χ0v) is 7.84. The van der Waals surface area contributed by atoms with Gasteiger partial charge in [0.2, 0.25) is 0 Å². The van der Waals surface area contributed by atoms with Crippen molar-refractivity contribution in [2.24, 2.45) is 0 Å². The smallest absolute Gasteiger partial charge is 0.317 e. The fraction of sp³-hybridized carbons (Fsp3) is 0.875. The van der Waals surface area contributed by atoms with Crippen molar-refractivity contribution in [3.8, 4) is 0 Å². The fourth-order valence-electron chi connectivity index (χ4n) is 1.48. The first-order valence-electron chi connectivity index (χ1n) is 4.39. The van der Waals surface area contributed by atoms with Gasteiger partial charge in [0.05, 0.1) is 6.67 Å². The summed E-state index contributed by atoms with van der Waals surface area (Å²) >= 11 is 0. The van der Waals surface area contributed by atoms with E-state index in [0.717, 1.165) is 19.8 Å². The van der Waals surface area contributed by atoms with Gasteiger partial charge >= 0.3 is 6.03 Å². The number of hydrogen-bond donors (Lipinski definition) is 1. The van der Waals surface area contributed by atoms with E-state index in [9.17, 15) is 4.79 Å². The van der Waals surface area contributed by atoms with E-state index in [1.54, 1.807) is 11.9 Å². The molecule has 1 aliphatic heterocycles. The van der Waals surface area contributed by atoms with E-state index in [2.05, 4.69) is 10.2 Å². The maximum atomic E-state index is 11.1. The molecule has 0 spiro atoms. The van der Waals surface area contributed by atoms with E-state index < -0.39 is 0 Å². The van der Waals surface area contributed by atoms with Crippen molar-refractivity contribution in [1.29, 1.82) is 0 Å². The zero-order chi connectivity index (χ0) is 8.97. The molecule has 1 heterocycles. The van der Waals surface area contributed by atoms with Crippen LogP contribution in [0.3, 0.4) is 0 Å². The number of urea groups is 1. The summed E-state index contributed by atoms with van der Waals surface area (Å²) in [5.41, 5.74) is 0. The van der Waals surface area contributed by atoms with Crippen LogP contribution >= 0.6 is 0 Å². The summed E-state index contributed by atoms with van der Waals surface area (Å²) in [5, 5.41) is 2.60. The van der Waals surface area contributed by atoms with Crippen LogP contribution in [0.15, 0.2) is 0 Å². The van der Waals surface area contributed by atoms with Crippen LogP contribution in [0, 0.1) is 0 Å².